The maximum Gasteiger partial charge on any atom is 0.411 e. The van der Waals surface area contributed by atoms with E-state index in [1.54, 1.807) is 54.6 Å². The summed E-state index contributed by atoms with van der Waals surface area (Å²) in [6.45, 7) is 1.40. The zero-order valence-electron chi connectivity index (χ0n) is 21.7. The molecule has 0 aliphatic heterocycles. The van der Waals surface area contributed by atoms with Crippen LogP contribution in [0, 0.1) is 0 Å². The van der Waals surface area contributed by atoms with Crippen LogP contribution < -0.4 is 16.0 Å². The normalized spacial score (nSPS) is 11.6. The largest absolute Gasteiger partial charge is 0.453 e. The summed E-state index contributed by atoms with van der Waals surface area (Å²) in [4.78, 5) is 36.2. The van der Waals surface area contributed by atoms with Crippen molar-refractivity contribution in [3.63, 3.8) is 0 Å². The number of benzene rings is 2. The molecule has 15 heteroatoms. The molecule has 0 fully saturated rings. The molecule has 4 aromatic rings. The van der Waals surface area contributed by atoms with Gasteiger partial charge in [0.05, 0.1) is 24.5 Å². The number of nitrogens with zero attached hydrogens (tertiary/aromatic N) is 6. The maximum atomic E-state index is 13.0. The Morgan fingerprint density at radius 1 is 1.07 bits per heavy atom. The number of halogens is 2. The number of aromatic nitrogens is 6. The van der Waals surface area contributed by atoms with Crippen molar-refractivity contribution in [3.8, 4) is 16.9 Å². The van der Waals surface area contributed by atoms with Crippen LogP contribution >= 0.6 is 23.2 Å². The third-order valence-corrected chi connectivity index (χ3v) is 6.16. The average molecular weight is 596 g/mol. The van der Waals surface area contributed by atoms with Gasteiger partial charge in [0.15, 0.2) is 5.15 Å². The van der Waals surface area contributed by atoms with Gasteiger partial charge >= 0.3 is 6.09 Å². The van der Waals surface area contributed by atoms with Crippen molar-refractivity contribution in [1.29, 1.82) is 0 Å². The molecule has 0 spiro atoms. The Labute approximate surface area is 243 Å². The molecule has 0 aliphatic rings. The van der Waals surface area contributed by atoms with Crippen molar-refractivity contribution in [2.45, 2.75) is 13.0 Å². The first-order valence-electron chi connectivity index (χ1n) is 12.0. The first-order valence-corrected chi connectivity index (χ1v) is 12.7. The zero-order chi connectivity index (χ0) is 29.4. The molecule has 13 nitrogen and oxygen atoms in total. The second kappa shape index (κ2) is 13.5. The quantitative estimate of drug-likeness (QED) is 0.245. The molecule has 2 aromatic carbocycles. The minimum atomic E-state index is -0.753. The SMILES string of the molecule is COC(=O)Nc1ccc(-c2cc(C(CNC(C)=O)NC(=O)C=Cc3cc(Cl)ccc3-n3cnnn3)c(Cl)nn2)cc1. The molecule has 0 radical (unpaired) electrons. The number of hydrogen-bond donors (Lipinski definition) is 3. The number of ether oxygens (including phenoxy) is 1. The van der Waals surface area contributed by atoms with Crippen LogP contribution in [0.2, 0.25) is 10.2 Å². The smallest absolute Gasteiger partial charge is 0.411 e. The van der Waals surface area contributed by atoms with E-state index in [0.29, 0.717) is 38.8 Å². The Morgan fingerprint density at radius 3 is 2.54 bits per heavy atom. The van der Waals surface area contributed by atoms with Gasteiger partial charge in [0.25, 0.3) is 0 Å². The van der Waals surface area contributed by atoms with E-state index in [0.717, 1.165) is 0 Å². The number of hydrogen-bond acceptors (Lipinski definition) is 9. The number of methoxy groups -OCH3 is 1. The maximum absolute atomic E-state index is 13.0. The fourth-order valence-electron chi connectivity index (χ4n) is 3.68. The van der Waals surface area contributed by atoms with Gasteiger partial charge in [-0.3, -0.25) is 14.9 Å². The molecule has 2 aromatic heterocycles. The van der Waals surface area contributed by atoms with Crippen LogP contribution in [0.4, 0.5) is 10.5 Å². The van der Waals surface area contributed by atoms with E-state index >= 15 is 0 Å². The van der Waals surface area contributed by atoms with Gasteiger partial charge in [0.1, 0.15) is 6.33 Å². The molecule has 3 amide bonds. The van der Waals surface area contributed by atoms with Crippen molar-refractivity contribution in [3.05, 3.63) is 82.2 Å². The topological polar surface area (TPSA) is 166 Å². The van der Waals surface area contributed by atoms with Gasteiger partial charge in [-0.1, -0.05) is 35.3 Å². The highest BCUT2D eigenvalue weighted by Gasteiger charge is 2.20. The van der Waals surface area contributed by atoms with Crippen molar-refractivity contribution >= 4 is 52.9 Å². The zero-order valence-corrected chi connectivity index (χ0v) is 23.2. The number of carbonyl (C=O) groups is 3. The fourth-order valence-corrected chi connectivity index (χ4v) is 4.08. The van der Waals surface area contributed by atoms with Gasteiger partial charge in [-0.05, 0) is 52.9 Å². The molecular formula is C26H23Cl2N9O4. The minimum Gasteiger partial charge on any atom is -0.453 e. The van der Waals surface area contributed by atoms with E-state index in [9.17, 15) is 14.4 Å². The summed E-state index contributed by atoms with van der Waals surface area (Å²) in [6, 6.07) is 12.8. The fraction of sp³-hybridized carbons (Fsp3) is 0.154. The van der Waals surface area contributed by atoms with Gasteiger partial charge in [-0.15, -0.1) is 15.3 Å². The monoisotopic (exact) mass is 595 g/mol. The van der Waals surface area contributed by atoms with Gasteiger partial charge < -0.3 is 15.4 Å². The van der Waals surface area contributed by atoms with Crippen LogP contribution in [-0.2, 0) is 14.3 Å². The minimum absolute atomic E-state index is 0.0365. The highest BCUT2D eigenvalue weighted by Crippen LogP contribution is 2.27. The first-order chi connectivity index (χ1) is 19.7. The second-order valence-electron chi connectivity index (χ2n) is 8.46. The third-order valence-electron chi connectivity index (χ3n) is 5.64. The standard InChI is InChI=1S/C26H23Cl2N9O4/c1-15(38)29-13-22(32-24(39)10-5-17-11-18(27)6-9-23(17)37-14-30-35-36-37)20-12-21(33-34-25(20)28)16-3-7-19(8-4-16)31-26(40)41-2/h3-12,14,22H,13H2,1-2H3,(H,29,38)(H,31,40)(H,32,39). The lowest BCUT2D eigenvalue weighted by atomic mass is 10.0. The van der Waals surface area contributed by atoms with Gasteiger partial charge in [0, 0.05) is 46.9 Å². The van der Waals surface area contributed by atoms with E-state index in [2.05, 4.69) is 46.4 Å². The molecule has 0 saturated heterocycles. The Morgan fingerprint density at radius 2 is 1.85 bits per heavy atom. The molecule has 3 N–H and O–H groups in total. The van der Waals surface area contributed by atoms with Gasteiger partial charge in [-0.25, -0.2) is 4.79 Å². The summed E-state index contributed by atoms with van der Waals surface area (Å²) in [6.07, 6.45) is 3.70. The van der Waals surface area contributed by atoms with Crippen LogP contribution in [0.25, 0.3) is 23.0 Å². The molecule has 1 unspecified atom stereocenters. The summed E-state index contributed by atoms with van der Waals surface area (Å²) < 4.78 is 6.03. The molecule has 41 heavy (non-hydrogen) atoms. The van der Waals surface area contributed by atoms with Crippen molar-refractivity contribution in [2.75, 3.05) is 19.0 Å². The van der Waals surface area contributed by atoms with Crippen molar-refractivity contribution in [1.82, 2.24) is 41.0 Å². The van der Waals surface area contributed by atoms with Gasteiger partial charge in [0.2, 0.25) is 11.8 Å². The summed E-state index contributed by atoms with van der Waals surface area (Å²) >= 11 is 12.6. The Kier molecular flexibility index (Phi) is 9.55. The molecule has 2 heterocycles. The van der Waals surface area contributed by atoms with Crippen LogP contribution in [0.5, 0.6) is 0 Å². The lowest BCUT2D eigenvalue weighted by Gasteiger charge is -2.20. The first kappa shape index (κ1) is 29.1. The van der Waals surface area contributed by atoms with E-state index in [4.69, 9.17) is 23.2 Å². The second-order valence-corrected chi connectivity index (χ2v) is 9.25. The van der Waals surface area contributed by atoms with Crippen molar-refractivity contribution in [2.24, 2.45) is 0 Å². The van der Waals surface area contributed by atoms with Crippen molar-refractivity contribution < 1.29 is 19.1 Å². The number of nitrogens with one attached hydrogen (secondary N) is 3. The average Bonchev–Trinajstić information content (AvgIpc) is 3.50. The van der Waals surface area contributed by atoms with E-state index < -0.39 is 18.0 Å². The number of anilines is 1. The number of tetrazole rings is 1. The summed E-state index contributed by atoms with van der Waals surface area (Å²) in [5, 5.41) is 28.0. The third kappa shape index (κ3) is 7.84. The molecule has 1 atom stereocenters. The van der Waals surface area contributed by atoms with Crippen LogP contribution in [0.1, 0.15) is 24.1 Å². The molecule has 0 aliphatic carbocycles. The number of carbonyl (C=O) groups excluding carboxylic acids is 3. The molecule has 0 saturated carbocycles. The summed E-state index contributed by atoms with van der Waals surface area (Å²) in [7, 11) is 1.27. The Balaban J connectivity index is 1.58. The van der Waals surface area contributed by atoms with E-state index in [1.165, 1.54) is 31.1 Å². The summed E-state index contributed by atoms with van der Waals surface area (Å²) in [5.41, 5.74) is 3.28. The Bertz CT molecular complexity index is 1580. The highest BCUT2D eigenvalue weighted by molar-refractivity contribution is 6.31. The number of amides is 3. The number of rotatable bonds is 9. The van der Waals surface area contributed by atoms with Gasteiger partial charge in [-0.2, -0.15) is 4.68 Å². The van der Waals surface area contributed by atoms with E-state index in [-0.39, 0.29) is 17.6 Å². The lowest BCUT2D eigenvalue weighted by Crippen LogP contribution is -2.36. The molecule has 4 rings (SSSR count). The van der Waals surface area contributed by atoms with Crippen LogP contribution in [0.15, 0.2) is 60.9 Å². The lowest BCUT2D eigenvalue weighted by molar-refractivity contribution is -0.120. The van der Waals surface area contributed by atoms with E-state index in [1.807, 2.05) is 0 Å². The Hall–Kier alpha value is -4.88. The predicted octanol–water partition coefficient (Wildman–Crippen LogP) is 3.61. The van der Waals surface area contributed by atoms with Crippen LogP contribution in [0.3, 0.4) is 0 Å². The molecular weight excluding hydrogens is 573 g/mol. The van der Waals surface area contributed by atoms with Crippen LogP contribution in [-0.4, -0.2) is 62.0 Å². The molecule has 210 valence electrons. The highest BCUT2D eigenvalue weighted by atomic mass is 35.5. The predicted molar refractivity (Wildman–Crippen MR) is 151 cm³/mol. The molecule has 0 bridgehead atoms. The summed E-state index contributed by atoms with van der Waals surface area (Å²) in [5.74, 6) is -0.771.